The van der Waals surface area contributed by atoms with Crippen LogP contribution in [-0.4, -0.2) is 61.2 Å². The van der Waals surface area contributed by atoms with Gasteiger partial charge in [-0.2, -0.15) is 9.78 Å². The molecule has 2 aromatic heterocycles. The first-order valence-corrected chi connectivity index (χ1v) is 10.7. The summed E-state index contributed by atoms with van der Waals surface area (Å²) in [7, 11) is 4.73. The molecule has 176 valence electrons. The highest BCUT2D eigenvalue weighted by molar-refractivity contribution is 6.10. The van der Waals surface area contributed by atoms with Crippen LogP contribution in [0.3, 0.4) is 0 Å². The highest BCUT2D eigenvalue weighted by Crippen LogP contribution is 2.31. The normalized spacial score (nSPS) is 11.4. The number of carbonyl (C=O) groups excluding carboxylic acids is 1. The Kier molecular flexibility index (Phi) is 6.88. The first-order valence-electron chi connectivity index (χ1n) is 10.7. The Morgan fingerprint density at radius 1 is 1.09 bits per heavy atom. The Morgan fingerprint density at radius 3 is 2.56 bits per heavy atom. The van der Waals surface area contributed by atoms with E-state index in [1.165, 1.54) is 4.68 Å². The number of anilines is 1. The smallest absolute Gasteiger partial charge is 0.257 e. The SMILES string of the molecule is COCCCNC(=O)c1c(N)n(N=Cc2cccc(OC)c2OC)c2nc3ccccc3nc12. The van der Waals surface area contributed by atoms with E-state index in [0.717, 1.165) is 0 Å². The van der Waals surface area contributed by atoms with Crippen molar-refractivity contribution in [2.75, 3.05) is 40.2 Å². The molecule has 0 atom stereocenters. The topological polar surface area (TPSA) is 126 Å². The van der Waals surface area contributed by atoms with Crippen molar-refractivity contribution in [1.29, 1.82) is 0 Å². The van der Waals surface area contributed by atoms with Crippen LogP contribution in [-0.2, 0) is 4.74 Å². The number of fused-ring (bicyclic) bond motifs is 2. The van der Waals surface area contributed by atoms with E-state index in [1.807, 2.05) is 36.4 Å². The molecule has 0 aliphatic rings. The summed E-state index contributed by atoms with van der Waals surface area (Å²) < 4.78 is 17.3. The van der Waals surface area contributed by atoms with Crippen molar-refractivity contribution in [2.45, 2.75) is 6.42 Å². The second-order valence-electron chi connectivity index (χ2n) is 7.39. The van der Waals surface area contributed by atoms with Gasteiger partial charge < -0.3 is 25.3 Å². The van der Waals surface area contributed by atoms with Crippen LogP contribution in [0.1, 0.15) is 22.3 Å². The van der Waals surface area contributed by atoms with Gasteiger partial charge in [-0.3, -0.25) is 4.79 Å². The Balaban J connectivity index is 1.83. The summed E-state index contributed by atoms with van der Waals surface area (Å²) in [4.78, 5) is 22.4. The average Bonchev–Trinajstić information content (AvgIpc) is 3.13. The summed E-state index contributed by atoms with van der Waals surface area (Å²) in [6.45, 7) is 0.971. The number of ether oxygens (including phenoxy) is 3. The zero-order valence-electron chi connectivity index (χ0n) is 19.2. The van der Waals surface area contributed by atoms with E-state index in [0.29, 0.717) is 58.8 Å². The van der Waals surface area contributed by atoms with Crippen LogP contribution in [0.5, 0.6) is 11.5 Å². The molecule has 0 aliphatic carbocycles. The van der Waals surface area contributed by atoms with Crippen molar-refractivity contribution in [3.63, 3.8) is 0 Å². The third kappa shape index (κ3) is 4.35. The highest BCUT2D eigenvalue weighted by atomic mass is 16.5. The minimum Gasteiger partial charge on any atom is -0.493 e. The van der Waals surface area contributed by atoms with Gasteiger partial charge in [-0.25, -0.2) is 9.97 Å². The molecule has 3 N–H and O–H groups in total. The van der Waals surface area contributed by atoms with Gasteiger partial charge in [0.1, 0.15) is 16.9 Å². The fourth-order valence-electron chi connectivity index (χ4n) is 3.63. The number of benzene rings is 2. The number of nitrogens with two attached hydrogens (primary N) is 1. The number of rotatable bonds is 9. The summed E-state index contributed by atoms with van der Waals surface area (Å²) in [6.07, 6.45) is 2.25. The van der Waals surface area contributed by atoms with Crippen LogP contribution in [0.25, 0.3) is 22.2 Å². The summed E-state index contributed by atoms with van der Waals surface area (Å²) >= 11 is 0. The zero-order valence-corrected chi connectivity index (χ0v) is 19.2. The molecule has 0 radical (unpaired) electrons. The molecule has 2 heterocycles. The van der Waals surface area contributed by atoms with Crippen molar-refractivity contribution in [3.8, 4) is 11.5 Å². The molecular formula is C24H26N6O4. The molecule has 4 rings (SSSR count). The number of aromatic nitrogens is 3. The lowest BCUT2D eigenvalue weighted by molar-refractivity contribution is 0.0951. The second-order valence-corrected chi connectivity index (χ2v) is 7.39. The molecular weight excluding hydrogens is 436 g/mol. The zero-order chi connectivity index (χ0) is 24.1. The van der Waals surface area contributed by atoms with Crippen molar-refractivity contribution in [3.05, 3.63) is 53.6 Å². The predicted molar refractivity (Wildman–Crippen MR) is 131 cm³/mol. The predicted octanol–water partition coefficient (Wildman–Crippen LogP) is 2.83. The Morgan fingerprint density at radius 2 is 1.85 bits per heavy atom. The summed E-state index contributed by atoms with van der Waals surface area (Å²) in [5, 5.41) is 7.40. The average molecular weight is 463 g/mol. The quantitative estimate of drug-likeness (QED) is 0.289. The molecule has 1 amide bonds. The fourth-order valence-corrected chi connectivity index (χ4v) is 3.63. The molecule has 0 saturated carbocycles. The van der Waals surface area contributed by atoms with Crippen LogP contribution < -0.4 is 20.5 Å². The van der Waals surface area contributed by atoms with Crippen molar-refractivity contribution < 1.29 is 19.0 Å². The number of carbonyl (C=O) groups is 1. The van der Waals surface area contributed by atoms with E-state index in [2.05, 4.69) is 15.4 Å². The van der Waals surface area contributed by atoms with Crippen LogP contribution in [0.4, 0.5) is 5.82 Å². The molecule has 10 nitrogen and oxygen atoms in total. The molecule has 0 saturated heterocycles. The molecule has 0 spiro atoms. The van der Waals surface area contributed by atoms with Gasteiger partial charge in [0, 0.05) is 25.8 Å². The number of amides is 1. The molecule has 10 heteroatoms. The summed E-state index contributed by atoms with van der Waals surface area (Å²) in [6, 6.07) is 12.9. The van der Waals surface area contributed by atoms with Gasteiger partial charge in [0.2, 0.25) is 0 Å². The van der Waals surface area contributed by atoms with Crippen LogP contribution in [0.15, 0.2) is 47.6 Å². The Labute approximate surface area is 196 Å². The van der Waals surface area contributed by atoms with Crippen molar-refractivity contribution in [1.82, 2.24) is 20.0 Å². The second kappa shape index (κ2) is 10.2. The lowest BCUT2D eigenvalue weighted by atomic mass is 10.2. The van der Waals surface area contributed by atoms with E-state index in [1.54, 1.807) is 33.6 Å². The third-order valence-electron chi connectivity index (χ3n) is 5.26. The first-order chi connectivity index (χ1) is 16.6. The van der Waals surface area contributed by atoms with E-state index in [-0.39, 0.29) is 17.3 Å². The number of nitrogens with one attached hydrogen (secondary N) is 1. The minimum absolute atomic E-state index is 0.132. The third-order valence-corrected chi connectivity index (χ3v) is 5.26. The number of nitrogens with zero attached hydrogens (tertiary/aromatic N) is 4. The summed E-state index contributed by atoms with van der Waals surface area (Å²) in [5.74, 6) is 0.874. The summed E-state index contributed by atoms with van der Waals surface area (Å²) in [5.41, 5.74) is 9.38. The molecule has 4 aromatic rings. The lowest BCUT2D eigenvalue weighted by Crippen LogP contribution is -2.26. The molecule has 0 bridgehead atoms. The van der Waals surface area contributed by atoms with Gasteiger partial charge in [0.15, 0.2) is 17.1 Å². The monoisotopic (exact) mass is 462 g/mol. The maximum atomic E-state index is 13.0. The van der Waals surface area contributed by atoms with Gasteiger partial charge in [0.05, 0.1) is 31.5 Å². The van der Waals surface area contributed by atoms with Gasteiger partial charge in [-0.1, -0.05) is 18.2 Å². The van der Waals surface area contributed by atoms with Crippen molar-refractivity contribution in [2.24, 2.45) is 5.10 Å². The van der Waals surface area contributed by atoms with E-state index < -0.39 is 0 Å². The number of nitrogen functional groups attached to an aromatic ring is 1. The maximum Gasteiger partial charge on any atom is 0.257 e. The van der Waals surface area contributed by atoms with Crippen LogP contribution in [0, 0.1) is 0 Å². The van der Waals surface area contributed by atoms with E-state index >= 15 is 0 Å². The van der Waals surface area contributed by atoms with Crippen LogP contribution >= 0.6 is 0 Å². The van der Waals surface area contributed by atoms with Gasteiger partial charge >= 0.3 is 0 Å². The molecule has 0 unspecified atom stereocenters. The van der Waals surface area contributed by atoms with Gasteiger partial charge in [-0.05, 0) is 30.7 Å². The molecule has 0 aliphatic heterocycles. The van der Waals surface area contributed by atoms with Crippen LogP contribution in [0.2, 0.25) is 0 Å². The molecule has 2 aromatic carbocycles. The fraction of sp³-hybridized carbons (Fsp3) is 0.250. The number of para-hydroxylation sites is 3. The van der Waals surface area contributed by atoms with Gasteiger partial charge in [-0.15, -0.1) is 0 Å². The maximum absolute atomic E-state index is 13.0. The largest absolute Gasteiger partial charge is 0.493 e. The Hall–Kier alpha value is -4.18. The minimum atomic E-state index is -0.351. The molecule has 0 fully saturated rings. The van der Waals surface area contributed by atoms with E-state index in [4.69, 9.17) is 24.9 Å². The van der Waals surface area contributed by atoms with Gasteiger partial charge in [0.25, 0.3) is 5.91 Å². The standard InChI is InChI=1S/C24H26N6O4/c1-32-13-7-12-26-24(31)19-20-23(29-17-10-5-4-9-16(17)28-20)30(22(19)25)27-14-15-8-6-11-18(33-2)21(15)34-3/h4-6,8-11,14H,7,12-13,25H2,1-3H3,(H,26,31). The highest BCUT2D eigenvalue weighted by Gasteiger charge is 2.24. The van der Waals surface area contributed by atoms with E-state index in [9.17, 15) is 4.79 Å². The number of hydrogen-bond donors (Lipinski definition) is 2. The number of methoxy groups -OCH3 is 3. The number of hydrogen-bond acceptors (Lipinski definition) is 8. The first kappa shape index (κ1) is 23.0. The van der Waals surface area contributed by atoms with Crippen molar-refractivity contribution >= 4 is 40.1 Å². The Bertz CT molecular complexity index is 1360. The molecule has 34 heavy (non-hydrogen) atoms. The lowest BCUT2D eigenvalue weighted by Gasteiger charge is -2.09.